The predicted molar refractivity (Wildman–Crippen MR) is 57.7 cm³/mol. The van der Waals surface area contributed by atoms with Crippen molar-refractivity contribution in [1.82, 2.24) is 10.2 Å². The van der Waals surface area contributed by atoms with Crippen molar-refractivity contribution in [2.24, 2.45) is 0 Å². The van der Waals surface area contributed by atoms with E-state index >= 15 is 0 Å². The van der Waals surface area contributed by atoms with Gasteiger partial charge in [0.15, 0.2) is 0 Å². The molecule has 2 N–H and O–H groups in total. The quantitative estimate of drug-likeness (QED) is 0.841. The number of nitrogen functional groups attached to an aromatic ring is 1. The van der Waals surface area contributed by atoms with Crippen LogP contribution in [0.1, 0.15) is 5.56 Å². The van der Waals surface area contributed by atoms with Crippen molar-refractivity contribution >= 4 is 5.82 Å². The van der Waals surface area contributed by atoms with E-state index < -0.39 is 0 Å². The van der Waals surface area contributed by atoms with Gasteiger partial charge in [0.2, 0.25) is 5.88 Å². The first kappa shape index (κ1) is 10.4. The summed E-state index contributed by atoms with van der Waals surface area (Å²) in [4.78, 5) is 0. The molecule has 0 bridgehead atoms. The SMILES string of the molecule is Cc1ccc(Oc2ccc(N)nn2)cc1F. The van der Waals surface area contributed by atoms with Gasteiger partial charge in [0, 0.05) is 12.1 Å². The maximum atomic E-state index is 13.2. The molecule has 1 heterocycles. The molecule has 0 aliphatic heterocycles. The van der Waals surface area contributed by atoms with Crippen LogP contribution < -0.4 is 10.5 Å². The summed E-state index contributed by atoms with van der Waals surface area (Å²) in [7, 11) is 0. The average Bonchev–Trinajstić information content (AvgIpc) is 2.27. The van der Waals surface area contributed by atoms with Gasteiger partial charge in [-0.3, -0.25) is 0 Å². The van der Waals surface area contributed by atoms with Gasteiger partial charge < -0.3 is 10.5 Å². The van der Waals surface area contributed by atoms with Crippen LogP contribution in [0.5, 0.6) is 11.6 Å². The Morgan fingerprint density at radius 1 is 1.19 bits per heavy atom. The number of aromatic nitrogens is 2. The minimum absolute atomic E-state index is 0.275. The molecule has 0 saturated heterocycles. The highest BCUT2D eigenvalue weighted by atomic mass is 19.1. The smallest absolute Gasteiger partial charge is 0.238 e. The van der Waals surface area contributed by atoms with Crippen molar-refractivity contribution in [1.29, 1.82) is 0 Å². The van der Waals surface area contributed by atoms with Crippen LogP contribution in [-0.4, -0.2) is 10.2 Å². The number of nitrogens with zero attached hydrogens (tertiary/aromatic N) is 2. The number of halogens is 1. The van der Waals surface area contributed by atoms with Gasteiger partial charge in [-0.15, -0.1) is 10.2 Å². The molecule has 0 amide bonds. The van der Waals surface area contributed by atoms with Gasteiger partial charge >= 0.3 is 0 Å². The molecule has 0 atom stereocenters. The molecule has 16 heavy (non-hydrogen) atoms. The Balaban J connectivity index is 2.20. The van der Waals surface area contributed by atoms with Crippen molar-refractivity contribution in [2.75, 3.05) is 5.73 Å². The molecule has 1 aromatic carbocycles. The molecular formula is C11H10FN3O. The average molecular weight is 219 g/mol. The first-order chi connectivity index (χ1) is 7.65. The number of hydrogen-bond acceptors (Lipinski definition) is 4. The normalized spacial score (nSPS) is 10.1. The second-order valence-electron chi connectivity index (χ2n) is 3.31. The van der Waals surface area contributed by atoms with Crippen LogP contribution in [0, 0.1) is 12.7 Å². The molecule has 0 fully saturated rings. The van der Waals surface area contributed by atoms with Gasteiger partial charge in [0.1, 0.15) is 17.4 Å². The third kappa shape index (κ3) is 2.25. The van der Waals surface area contributed by atoms with E-state index in [1.54, 1.807) is 31.2 Å². The second-order valence-corrected chi connectivity index (χ2v) is 3.31. The van der Waals surface area contributed by atoms with Gasteiger partial charge in [-0.25, -0.2) is 4.39 Å². The van der Waals surface area contributed by atoms with Crippen molar-refractivity contribution in [3.63, 3.8) is 0 Å². The molecule has 0 unspecified atom stereocenters. The second kappa shape index (κ2) is 4.14. The van der Waals surface area contributed by atoms with E-state index in [0.29, 0.717) is 17.1 Å². The summed E-state index contributed by atoms with van der Waals surface area (Å²) in [5.41, 5.74) is 5.94. The van der Waals surface area contributed by atoms with Crippen LogP contribution in [-0.2, 0) is 0 Å². The molecule has 2 rings (SSSR count). The van der Waals surface area contributed by atoms with Crippen LogP contribution in [0.15, 0.2) is 30.3 Å². The molecule has 82 valence electrons. The summed E-state index contributed by atoms with van der Waals surface area (Å²) in [6, 6.07) is 7.73. The monoisotopic (exact) mass is 219 g/mol. The molecule has 1 aromatic heterocycles. The lowest BCUT2D eigenvalue weighted by Gasteiger charge is -2.04. The largest absolute Gasteiger partial charge is 0.437 e. The third-order valence-electron chi connectivity index (χ3n) is 2.03. The predicted octanol–water partition coefficient (Wildman–Crippen LogP) is 2.30. The van der Waals surface area contributed by atoms with Gasteiger partial charge in [0.25, 0.3) is 0 Å². The summed E-state index contributed by atoms with van der Waals surface area (Å²) in [6.45, 7) is 1.68. The van der Waals surface area contributed by atoms with Crippen molar-refractivity contribution in [3.05, 3.63) is 41.7 Å². The fraction of sp³-hybridized carbons (Fsp3) is 0.0909. The highest BCUT2D eigenvalue weighted by molar-refractivity contribution is 5.33. The minimum atomic E-state index is -0.319. The molecule has 0 spiro atoms. The topological polar surface area (TPSA) is 61.0 Å². The Morgan fingerprint density at radius 2 is 2.00 bits per heavy atom. The summed E-state index contributed by atoms with van der Waals surface area (Å²) < 4.78 is 18.5. The number of rotatable bonds is 2. The molecule has 0 aliphatic rings. The maximum absolute atomic E-state index is 13.2. The van der Waals surface area contributed by atoms with Gasteiger partial charge in [-0.2, -0.15) is 0 Å². The van der Waals surface area contributed by atoms with Crippen LogP contribution in [0.4, 0.5) is 10.2 Å². The number of anilines is 1. The molecule has 0 radical (unpaired) electrons. The van der Waals surface area contributed by atoms with Crippen molar-refractivity contribution in [3.8, 4) is 11.6 Å². The van der Waals surface area contributed by atoms with Crippen LogP contribution in [0.2, 0.25) is 0 Å². The molecule has 2 aromatic rings. The van der Waals surface area contributed by atoms with E-state index in [2.05, 4.69) is 10.2 Å². The number of benzene rings is 1. The Hall–Kier alpha value is -2.17. The van der Waals surface area contributed by atoms with Crippen molar-refractivity contribution in [2.45, 2.75) is 6.92 Å². The molecule has 5 heteroatoms. The maximum Gasteiger partial charge on any atom is 0.238 e. The fourth-order valence-electron chi connectivity index (χ4n) is 1.14. The summed E-state index contributed by atoms with van der Waals surface area (Å²) in [5, 5.41) is 7.33. The Bertz CT molecular complexity index is 499. The van der Waals surface area contributed by atoms with E-state index in [1.807, 2.05) is 0 Å². The van der Waals surface area contributed by atoms with Crippen LogP contribution in [0.3, 0.4) is 0 Å². The van der Waals surface area contributed by atoms with Gasteiger partial charge in [-0.1, -0.05) is 6.07 Å². The zero-order valence-electron chi connectivity index (χ0n) is 8.64. The molecular weight excluding hydrogens is 209 g/mol. The van der Waals surface area contributed by atoms with Crippen LogP contribution >= 0.6 is 0 Å². The highest BCUT2D eigenvalue weighted by Gasteiger charge is 2.02. The zero-order valence-corrected chi connectivity index (χ0v) is 8.64. The Morgan fingerprint density at radius 3 is 2.62 bits per heavy atom. The minimum Gasteiger partial charge on any atom is -0.437 e. The Kier molecular flexibility index (Phi) is 2.68. The standard InChI is InChI=1S/C11H10FN3O/c1-7-2-3-8(6-9(7)12)16-11-5-4-10(13)14-15-11/h2-6H,1H3,(H2,13,14). The lowest BCUT2D eigenvalue weighted by molar-refractivity contribution is 0.450. The molecule has 0 saturated carbocycles. The highest BCUT2D eigenvalue weighted by Crippen LogP contribution is 2.21. The molecule has 0 aliphatic carbocycles. The number of aryl methyl sites for hydroxylation is 1. The zero-order chi connectivity index (χ0) is 11.5. The van der Waals surface area contributed by atoms with Crippen molar-refractivity contribution < 1.29 is 9.13 Å². The number of nitrogens with two attached hydrogens (primary N) is 1. The summed E-state index contributed by atoms with van der Waals surface area (Å²) in [6.07, 6.45) is 0. The first-order valence-electron chi connectivity index (χ1n) is 4.68. The first-order valence-corrected chi connectivity index (χ1v) is 4.68. The van der Waals surface area contributed by atoms with E-state index in [4.69, 9.17) is 10.5 Å². The van der Waals surface area contributed by atoms with E-state index in [-0.39, 0.29) is 11.7 Å². The lowest BCUT2D eigenvalue weighted by atomic mass is 10.2. The van der Waals surface area contributed by atoms with E-state index in [9.17, 15) is 4.39 Å². The number of hydrogen-bond donors (Lipinski definition) is 1. The lowest BCUT2D eigenvalue weighted by Crippen LogP contribution is -1.95. The Labute approximate surface area is 91.9 Å². The summed E-state index contributed by atoms with van der Waals surface area (Å²) >= 11 is 0. The van der Waals surface area contributed by atoms with E-state index in [0.717, 1.165) is 0 Å². The molecule has 4 nitrogen and oxygen atoms in total. The van der Waals surface area contributed by atoms with Gasteiger partial charge in [0.05, 0.1) is 0 Å². The fourth-order valence-corrected chi connectivity index (χ4v) is 1.14. The summed E-state index contributed by atoms with van der Waals surface area (Å²) in [5.74, 6) is 0.642. The number of ether oxygens (including phenoxy) is 1. The third-order valence-corrected chi connectivity index (χ3v) is 2.03. The van der Waals surface area contributed by atoms with E-state index in [1.165, 1.54) is 6.07 Å². The van der Waals surface area contributed by atoms with Gasteiger partial charge in [-0.05, 0) is 24.6 Å². The van der Waals surface area contributed by atoms with Crippen LogP contribution in [0.25, 0.3) is 0 Å².